The van der Waals surface area contributed by atoms with E-state index in [1.165, 1.54) is 18.3 Å². The van der Waals surface area contributed by atoms with Crippen LogP contribution in [0.25, 0.3) is 0 Å². The number of hydrogen-bond donors (Lipinski definition) is 2. The molecule has 64 valence electrons. The quantitative estimate of drug-likeness (QED) is 0.401. The molecule has 12 heavy (non-hydrogen) atoms. The summed E-state index contributed by atoms with van der Waals surface area (Å²) in [6, 6.07) is 1.02. The van der Waals surface area contributed by atoms with E-state index >= 15 is 0 Å². The molecule has 3 N–H and O–H groups in total. The molecule has 0 saturated heterocycles. The van der Waals surface area contributed by atoms with Gasteiger partial charge in [0.15, 0.2) is 0 Å². The molecule has 0 aliphatic carbocycles. The molecule has 1 rings (SSSR count). The van der Waals surface area contributed by atoms with Crippen molar-refractivity contribution in [3.05, 3.63) is 40.7 Å². The summed E-state index contributed by atoms with van der Waals surface area (Å²) in [5.41, 5.74) is 6.15. The van der Waals surface area contributed by atoms with Crippen LogP contribution in [0.4, 0.5) is 5.69 Å². The normalized spacial score (nSPS) is 12.4. The lowest BCUT2D eigenvalue weighted by Crippen LogP contribution is -2.06. The number of aromatic amines is 1. The second kappa shape index (κ2) is 3.19. The summed E-state index contributed by atoms with van der Waals surface area (Å²) < 4.78 is 0. The van der Waals surface area contributed by atoms with E-state index in [-0.39, 0.29) is 11.7 Å². The van der Waals surface area contributed by atoms with Gasteiger partial charge in [-0.05, 0) is 0 Å². The van der Waals surface area contributed by atoms with Crippen molar-refractivity contribution < 1.29 is 4.92 Å². The number of nitrogens with one attached hydrogen (secondary N) is 1. The topological polar surface area (TPSA) is 84.9 Å². The Morgan fingerprint density at radius 3 is 2.92 bits per heavy atom. The predicted octanol–water partition coefficient (Wildman–Crippen LogP) is 1.11. The summed E-state index contributed by atoms with van der Waals surface area (Å²) in [4.78, 5) is 12.5. The van der Waals surface area contributed by atoms with E-state index < -0.39 is 4.92 Å². The van der Waals surface area contributed by atoms with Crippen molar-refractivity contribution >= 4 is 5.69 Å². The van der Waals surface area contributed by atoms with Gasteiger partial charge in [-0.2, -0.15) is 0 Å². The van der Waals surface area contributed by atoms with E-state index in [1.807, 2.05) is 0 Å². The van der Waals surface area contributed by atoms with Crippen LogP contribution < -0.4 is 5.73 Å². The van der Waals surface area contributed by atoms with Gasteiger partial charge in [-0.3, -0.25) is 10.1 Å². The van der Waals surface area contributed by atoms with Crippen LogP contribution in [-0.2, 0) is 0 Å². The molecule has 1 atom stereocenters. The Kier molecular flexibility index (Phi) is 2.25. The Hall–Kier alpha value is -1.62. The first kappa shape index (κ1) is 8.48. The summed E-state index contributed by atoms with van der Waals surface area (Å²) in [7, 11) is 0. The number of hydrogen-bond acceptors (Lipinski definition) is 3. The smallest absolute Gasteiger partial charge is 0.287 e. The Morgan fingerprint density at radius 1 is 1.83 bits per heavy atom. The molecule has 0 fully saturated rings. The summed E-state index contributed by atoms with van der Waals surface area (Å²) >= 11 is 0. The van der Waals surface area contributed by atoms with Crippen LogP contribution in [0.15, 0.2) is 24.9 Å². The maximum absolute atomic E-state index is 10.2. The van der Waals surface area contributed by atoms with Gasteiger partial charge in [0.05, 0.1) is 17.2 Å². The van der Waals surface area contributed by atoms with Crippen molar-refractivity contribution in [3.63, 3.8) is 0 Å². The Labute approximate surface area is 69.0 Å². The number of nitrogens with two attached hydrogens (primary N) is 1. The maximum atomic E-state index is 10.2. The second-order valence-corrected chi connectivity index (χ2v) is 2.33. The van der Waals surface area contributed by atoms with E-state index in [2.05, 4.69) is 11.6 Å². The molecule has 0 aliphatic rings. The molecular formula is C7H9N3O2. The standard InChI is InChI=1S/C7H9N3O2/c1-2-6(8)7-3-5(4-9-7)10(11)12/h2-4,6,9H,1,8H2/t6-/m1/s1. The molecule has 0 bridgehead atoms. The molecule has 0 saturated carbocycles. The minimum atomic E-state index is -0.476. The lowest BCUT2D eigenvalue weighted by atomic mass is 10.2. The fraction of sp³-hybridized carbons (Fsp3) is 0.143. The molecule has 0 amide bonds. The molecule has 5 nitrogen and oxygen atoms in total. The van der Waals surface area contributed by atoms with Gasteiger partial charge >= 0.3 is 0 Å². The van der Waals surface area contributed by atoms with Crippen molar-refractivity contribution in [2.24, 2.45) is 5.73 Å². The Balaban J connectivity index is 2.91. The molecule has 1 aromatic rings. The monoisotopic (exact) mass is 167 g/mol. The molecule has 0 radical (unpaired) electrons. The SMILES string of the molecule is C=C[C@@H](N)c1cc([N+](=O)[O-])c[nH]1. The summed E-state index contributed by atoms with van der Waals surface area (Å²) in [6.07, 6.45) is 2.81. The van der Waals surface area contributed by atoms with Gasteiger partial charge in [0, 0.05) is 11.8 Å². The lowest BCUT2D eigenvalue weighted by Gasteiger charge is -1.99. The summed E-state index contributed by atoms with van der Waals surface area (Å²) in [6.45, 7) is 3.48. The van der Waals surface area contributed by atoms with Gasteiger partial charge < -0.3 is 10.7 Å². The number of H-pyrrole nitrogens is 1. The molecule has 0 unspecified atom stereocenters. The van der Waals surface area contributed by atoms with E-state index in [1.54, 1.807) is 0 Å². The third kappa shape index (κ3) is 1.51. The molecule has 1 heterocycles. The van der Waals surface area contributed by atoms with Crippen LogP contribution in [0.1, 0.15) is 11.7 Å². The highest BCUT2D eigenvalue weighted by atomic mass is 16.6. The third-order valence-electron chi connectivity index (χ3n) is 1.51. The molecule has 1 aromatic heterocycles. The van der Waals surface area contributed by atoms with Crippen LogP contribution in [0.2, 0.25) is 0 Å². The summed E-state index contributed by atoms with van der Waals surface area (Å²) in [5, 5.41) is 10.2. The highest BCUT2D eigenvalue weighted by Gasteiger charge is 2.11. The van der Waals surface area contributed by atoms with E-state index in [9.17, 15) is 10.1 Å². The highest BCUT2D eigenvalue weighted by molar-refractivity contribution is 5.32. The first-order valence-electron chi connectivity index (χ1n) is 3.36. The number of aromatic nitrogens is 1. The molecule has 0 spiro atoms. The molecule has 0 aliphatic heterocycles. The van der Waals surface area contributed by atoms with Gasteiger partial charge in [-0.1, -0.05) is 6.08 Å². The highest BCUT2D eigenvalue weighted by Crippen LogP contribution is 2.16. The average Bonchev–Trinajstić information content (AvgIpc) is 2.51. The van der Waals surface area contributed by atoms with Crippen molar-refractivity contribution in [1.29, 1.82) is 0 Å². The summed E-state index contributed by atoms with van der Waals surface area (Å²) in [5.74, 6) is 0. The zero-order valence-electron chi connectivity index (χ0n) is 6.36. The fourth-order valence-corrected chi connectivity index (χ4v) is 0.825. The van der Waals surface area contributed by atoms with Gasteiger partial charge in [-0.15, -0.1) is 6.58 Å². The maximum Gasteiger partial charge on any atom is 0.287 e. The van der Waals surface area contributed by atoms with Crippen LogP contribution in [0.3, 0.4) is 0 Å². The van der Waals surface area contributed by atoms with Crippen LogP contribution in [-0.4, -0.2) is 9.91 Å². The Morgan fingerprint density at radius 2 is 2.50 bits per heavy atom. The van der Waals surface area contributed by atoms with E-state index in [0.29, 0.717) is 5.69 Å². The minimum Gasteiger partial charge on any atom is -0.358 e. The van der Waals surface area contributed by atoms with E-state index in [4.69, 9.17) is 5.73 Å². The number of rotatable bonds is 3. The third-order valence-corrected chi connectivity index (χ3v) is 1.51. The fourth-order valence-electron chi connectivity index (χ4n) is 0.825. The number of nitrogens with zero attached hydrogens (tertiary/aromatic N) is 1. The van der Waals surface area contributed by atoms with Gasteiger partial charge in [0.2, 0.25) is 0 Å². The zero-order valence-corrected chi connectivity index (χ0v) is 6.36. The molecule has 5 heteroatoms. The Bertz CT molecular complexity index is 305. The van der Waals surface area contributed by atoms with Crippen molar-refractivity contribution in [3.8, 4) is 0 Å². The largest absolute Gasteiger partial charge is 0.358 e. The van der Waals surface area contributed by atoms with Crippen LogP contribution >= 0.6 is 0 Å². The second-order valence-electron chi connectivity index (χ2n) is 2.33. The van der Waals surface area contributed by atoms with Gasteiger partial charge in [0.1, 0.15) is 0 Å². The molecule has 0 aromatic carbocycles. The average molecular weight is 167 g/mol. The first-order valence-corrected chi connectivity index (χ1v) is 3.36. The van der Waals surface area contributed by atoms with E-state index in [0.717, 1.165) is 0 Å². The van der Waals surface area contributed by atoms with Crippen molar-refractivity contribution in [2.45, 2.75) is 6.04 Å². The lowest BCUT2D eigenvalue weighted by molar-refractivity contribution is -0.384. The first-order chi connectivity index (χ1) is 5.65. The molecular weight excluding hydrogens is 158 g/mol. The van der Waals surface area contributed by atoms with Crippen LogP contribution in [0, 0.1) is 10.1 Å². The number of nitro groups is 1. The zero-order chi connectivity index (χ0) is 9.14. The van der Waals surface area contributed by atoms with Gasteiger partial charge in [-0.25, -0.2) is 0 Å². The van der Waals surface area contributed by atoms with Crippen LogP contribution in [0.5, 0.6) is 0 Å². The van der Waals surface area contributed by atoms with Crippen molar-refractivity contribution in [2.75, 3.05) is 0 Å². The van der Waals surface area contributed by atoms with Gasteiger partial charge in [0.25, 0.3) is 5.69 Å². The minimum absolute atomic E-state index is 0.0160. The predicted molar refractivity (Wildman–Crippen MR) is 44.6 cm³/mol. The van der Waals surface area contributed by atoms with Crippen molar-refractivity contribution in [1.82, 2.24) is 4.98 Å².